The summed E-state index contributed by atoms with van der Waals surface area (Å²) in [6, 6.07) is 24.8. The number of ether oxygens (including phenoxy) is 2. The van der Waals surface area contributed by atoms with E-state index < -0.39 is 5.60 Å². The highest BCUT2D eigenvalue weighted by Crippen LogP contribution is 2.55. The van der Waals surface area contributed by atoms with E-state index in [9.17, 15) is 4.79 Å². The molecule has 4 heteroatoms. The second-order valence-electron chi connectivity index (χ2n) is 6.33. The van der Waals surface area contributed by atoms with E-state index >= 15 is 0 Å². The summed E-state index contributed by atoms with van der Waals surface area (Å²) >= 11 is 0. The number of hydrogen-bond donors (Lipinski definition) is 1. The Bertz CT molecular complexity index is 931. The largest absolute Gasteiger partial charge is 0.457 e. The zero-order valence-corrected chi connectivity index (χ0v) is 14.4. The Morgan fingerprint density at radius 2 is 1.31 bits per heavy atom. The Labute approximate surface area is 152 Å². The van der Waals surface area contributed by atoms with Gasteiger partial charge in [-0.25, -0.2) is 0 Å². The van der Waals surface area contributed by atoms with Crippen molar-refractivity contribution in [1.82, 2.24) is 0 Å². The Balaban J connectivity index is 0.000000385. The highest BCUT2D eigenvalue weighted by molar-refractivity contribution is 5.70. The molecule has 0 unspecified atom stereocenters. The van der Waals surface area contributed by atoms with Gasteiger partial charge in [0, 0.05) is 18.1 Å². The zero-order chi connectivity index (χ0) is 18.1. The van der Waals surface area contributed by atoms with Crippen LogP contribution in [-0.2, 0) is 21.7 Å². The molecule has 0 atom stereocenters. The Morgan fingerprint density at radius 1 is 0.846 bits per heavy atom. The second kappa shape index (κ2) is 6.32. The topological polar surface area (TPSA) is 61.6 Å². The van der Waals surface area contributed by atoms with Crippen molar-refractivity contribution in [3.8, 4) is 11.5 Å². The van der Waals surface area contributed by atoms with Gasteiger partial charge in [0.25, 0.3) is 0 Å². The maximum atomic E-state index is 9.22. The quantitative estimate of drug-likeness (QED) is 0.667. The van der Waals surface area contributed by atoms with Crippen LogP contribution >= 0.6 is 0 Å². The minimum atomic E-state index is -0.554. The molecule has 3 aromatic carbocycles. The van der Waals surface area contributed by atoms with Gasteiger partial charge in [0.1, 0.15) is 11.5 Å². The molecule has 0 saturated heterocycles. The van der Waals surface area contributed by atoms with Crippen molar-refractivity contribution >= 4 is 5.91 Å². The fourth-order valence-electron chi connectivity index (χ4n) is 3.66. The van der Waals surface area contributed by atoms with Crippen LogP contribution in [0.1, 0.15) is 29.2 Å². The molecule has 2 N–H and O–H groups in total. The molecular formula is C22H19NO3. The van der Waals surface area contributed by atoms with Crippen molar-refractivity contribution in [3.05, 3.63) is 95.1 Å². The molecule has 2 aliphatic rings. The summed E-state index contributed by atoms with van der Waals surface area (Å²) in [4.78, 5) is 9.22. The highest BCUT2D eigenvalue weighted by atomic mass is 16.5. The monoisotopic (exact) mass is 345 g/mol. The van der Waals surface area contributed by atoms with Gasteiger partial charge >= 0.3 is 0 Å². The second-order valence-corrected chi connectivity index (χ2v) is 6.33. The van der Waals surface area contributed by atoms with Gasteiger partial charge in [-0.3, -0.25) is 4.79 Å². The van der Waals surface area contributed by atoms with Gasteiger partial charge in [0.15, 0.2) is 5.60 Å². The SMILES string of the molecule is CC(N)=O.c1ccc2c(c1)COC21c2ccccc2Oc2ccccc21. The van der Waals surface area contributed by atoms with E-state index in [1.165, 1.54) is 18.1 Å². The van der Waals surface area contributed by atoms with E-state index in [4.69, 9.17) is 9.47 Å². The number of hydrogen-bond acceptors (Lipinski definition) is 3. The van der Waals surface area contributed by atoms with Gasteiger partial charge in [-0.15, -0.1) is 0 Å². The number of fused-ring (bicyclic) bond motifs is 6. The maximum Gasteiger partial charge on any atom is 0.214 e. The molecule has 0 radical (unpaired) electrons. The normalized spacial score (nSPS) is 15.0. The minimum Gasteiger partial charge on any atom is -0.457 e. The van der Waals surface area contributed by atoms with E-state index in [0.717, 1.165) is 22.6 Å². The summed E-state index contributed by atoms with van der Waals surface area (Å²) < 4.78 is 12.5. The van der Waals surface area contributed by atoms with Crippen molar-refractivity contribution in [3.63, 3.8) is 0 Å². The number of carbonyl (C=O) groups is 1. The fourth-order valence-corrected chi connectivity index (χ4v) is 3.66. The van der Waals surface area contributed by atoms with E-state index in [1.807, 2.05) is 36.4 Å². The molecule has 0 saturated carbocycles. The lowest BCUT2D eigenvalue weighted by atomic mass is 9.78. The predicted molar refractivity (Wildman–Crippen MR) is 98.9 cm³/mol. The molecule has 26 heavy (non-hydrogen) atoms. The van der Waals surface area contributed by atoms with E-state index in [2.05, 4.69) is 42.1 Å². The summed E-state index contributed by atoms with van der Waals surface area (Å²) in [7, 11) is 0. The molecule has 2 heterocycles. The van der Waals surface area contributed by atoms with Gasteiger partial charge in [0.05, 0.1) is 6.61 Å². The number of primary amides is 1. The Hall–Kier alpha value is -3.11. The molecule has 4 nitrogen and oxygen atoms in total. The number of carbonyl (C=O) groups excluding carboxylic acids is 1. The third-order valence-corrected chi connectivity index (χ3v) is 4.59. The minimum absolute atomic E-state index is 0.333. The van der Waals surface area contributed by atoms with Crippen LogP contribution in [0.15, 0.2) is 72.8 Å². The lowest BCUT2D eigenvalue weighted by Crippen LogP contribution is -2.32. The molecule has 0 bridgehead atoms. The summed E-state index contributed by atoms with van der Waals surface area (Å²) in [6.45, 7) is 1.93. The van der Waals surface area contributed by atoms with Crippen LogP contribution in [0.2, 0.25) is 0 Å². The fraction of sp³-hybridized carbons (Fsp3) is 0.136. The van der Waals surface area contributed by atoms with E-state index in [1.54, 1.807) is 0 Å². The van der Waals surface area contributed by atoms with Crippen LogP contribution < -0.4 is 10.5 Å². The number of nitrogens with two attached hydrogens (primary N) is 1. The van der Waals surface area contributed by atoms with Gasteiger partial charge in [-0.05, 0) is 23.3 Å². The van der Waals surface area contributed by atoms with Crippen molar-refractivity contribution in [2.24, 2.45) is 5.73 Å². The van der Waals surface area contributed by atoms with Crippen molar-refractivity contribution in [1.29, 1.82) is 0 Å². The molecule has 2 aliphatic heterocycles. The van der Waals surface area contributed by atoms with Crippen LogP contribution in [-0.4, -0.2) is 5.91 Å². The predicted octanol–water partition coefficient (Wildman–Crippen LogP) is 4.11. The Kier molecular flexibility index (Phi) is 3.98. The third-order valence-electron chi connectivity index (χ3n) is 4.59. The highest BCUT2D eigenvalue weighted by Gasteiger charge is 2.48. The average Bonchev–Trinajstić information content (AvgIpc) is 3.02. The lowest BCUT2D eigenvalue weighted by molar-refractivity contribution is -0.115. The zero-order valence-electron chi connectivity index (χ0n) is 14.4. The molecule has 1 amide bonds. The molecule has 0 aromatic heterocycles. The summed E-state index contributed by atoms with van der Waals surface area (Å²) in [5.74, 6) is 1.41. The number of para-hydroxylation sites is 2. The van der Waals surface area contributed by atoms with Crippen LogP contribution in [0, 0.1) is 0 Å². The average molecular weight is 345 g/mol. The van der Waals surface area contributed by atoms with Crippen LogP contribution in [0.3, 0.4) is 0 Å². The first-order valence-corrected chi connectivity index (χ1v) is 8.48. The van der Waals surface area contributed by atoms with Crippen LogP contribution in [0.25, 0.3) is 0 Å². The van der Waals surface area contributed by atoms with Gasteiger partial charge in [-0.2, -0.15) is 0 Å². The third kappa shape index (κ3) is 2.47. The van der Waals surface area contributed by atoms with Crippen LogP contribution in [0.4, 0.5) is 0 Å². The number of benzene rings is 3. The number of rotatable bonds is 0. The molecule has 0 aliphatic carbocycles. The first-order chi connectivity index (χ1) is 12.6. The van der Waals surface area contributed by atoms with Crippen molar-refractivity contribution in [2.45, 2.75) is 19.1 Å². The first kappa shape index (κ1) is 16.4. The van der Waals surface area contributed by atoms with E-state index in [0.29, 0.717) is 6.61 Å². The van der Waals surface area contributed by atoms with Gasteiger partial charge < -0.3 is 15.2 Å². The molecular weight excluding hydrogens is 326 g/mol. The summed E-state index contributed by atoms with van der Waals surface area (Å²) in [6.07, 6.45) is 0. The maximum absolute atomic E-state index is 9.22. The van der Waals surface area contributed by atoms with E-state index in [-0.39, 0.29) is 5.91 Å². The van der Waals surface area contributed by atoms with Crippen molar-refractivity contribution in [2.75, 3.05) is 0 Å². The standard InChI is InChI=1S/C20H14O2.C2H5NO/c1-2-8-15-14(7-1)13-21-20(15)16-9-3-5-11-18(16)22-19-12-6-4-10-17(19)20;1-2(3)4/h1-12H,13H2;1H3,(H2,3,4). The van der Waals surface area contributed by atoms with Gasteiger partial charge in [0.2, 0.25) is 5.91 Å². The lowest BCUT2D eigenvalue weighted by Gasteiger charge is -2.37. The van der Waals surface area contributed by atoms with Crippen LogP contribution in [0.5, 0.6) is 11.5 Å². The Morgan fingerprint density at radius 3 is 1.88 bits per heavy atom. The summed E-state index contributed by atoms with van der Waals surface area (Å²) in [5.41, 5.74) is 8.55. The molecule has 3 aromatic rings. The smallest absolute Gasteiger partial charge is 0.214 e. The first-order valence-electron chi connectivity index (χ1n) is 8.48. The van der Waals surface area contributed by atoms with Crippen molar-refractivity contribution < 1.29 is 14.3 Å². The molecule has 5 rings (SSSR count). The molecule has 130 valence electrons. The molecule has 1 spiro atoms. The number of amides is 1. The summed E-state index contributed by atoms with van der Waals surface area (Å²) in [5, 5.41) is 0. The van der Waals surface area contributed by atoms with Gasteiger partial charge in [-0.1, -0.05) is 60.7 Å². The molecule has 0 fully saturated rings.